The Labute approximate surface area is 166 Å². The Kier molecular flexibility index (Phi) is 5.15. The third kappa shape index (κ3) is 3.71. The van der Waals surface area contributed by atoms with E-state index in [1.165, 1.54) is 15.6 Å². The van der Waals surface area contributed by atoms with Crippen LogP contribution >= 0.6 is 23.1 Å². The van der Waals surface area contributed by atoms with Gasteiger partial charge < -0.3 is 10.0 Å². The van der Waals surface area contributed by atoms with E-state index in [0.717, 1.165) is 21.7 Å². The molecule has 0 amide bonds. The molecule has 0 saturated carbocycles. The number of sulfonamides is 1. The largest absolute Gasteiger partial charge is 0.510 e. The lowest BCUT2D eigenvalue weighted by atomic mass is 10.2. The van der Waals surface area contributed by atoms with Gasteiger partial charge in [0.25, 0.3) is 0 Å². The van der Waals surface area contributed by atoms with Gasteiger partial charge in [-0.3, -0.25) is 5.41 Å². The van der Waals surface area contributed by atoms with E-state index in [1.807, 2.05) is 24.3 Å². The van der Waals surface area contributed by atoms with Gasteiger partial charge in [0.1, 0.15) is 16.6 Å². The number of benzene rings is 1. The van der Waals surface area contributed by atoms with Crippen LogP contribution in [0.3, 0.4) is 0 Å². The summed E-state index contributed by atoms with van der Waals surface area (Å²) in [4.78, 5) is 6.12. The van der Waals surface area contributed by atoms with Gasteiger partial charge in [-0.1, -0.05) is 12.1 Å². The first kappa shape index (κ1) is 18.7. The number of aliphatic hydroxyl groups excluding tert-OH is 1. The molecule has 1 fully saturated rings. The maximum atomic E-state index is 12.5. The molecule has 0 unspecified atom stereocenters. The molecule has 3 heterocycles. The molecule has 2 aromatic rings. The molecule has 2 aliphatic heterocycles. The minimum Gasteiger partial charge on any atom is -0.510 e. The fraction of sp³-hybridized carbons (Fsp3) is 0.412. The van der Waals surface area contributed by atoms with Crippen molar-refractivity contribution < 1.29 is 13.5 Å². The molecule has 27 heavy (non-hydrogen) atoms. The maximum Gasteiger partial charge on any atom is 0.215 e. The smallest absolute Gasteiger partial charge is 0.215 e. The van der Waals surface area contributed by atoms with Gasteiger partial charge in [0, 0.05) is 31.1 Å². The first-order chi connectivity index (χ1) is 13.0. The first-order valence-electron chi connectivity index (χ1n) is 8.63. The minimum absolute atomic E-state index is 0.0551. The summed E-state index contributed by atoms with van der Waals surface area (Å²) in [5, 5.41) is 19.4. The highest BCUT2D eigenvalue weighted by Crippen LogP contribution is 2.33. The highest BCUT2D eigenvalue weighted by molar-refractivity contribution is 7.99. The summed E-state index contributed by atoms with van der Waals surface area (Å²) in [6.07, 6.45) is 0. The average Bonchev–Trinajstić information content (AvgIpc) is 3.20. The molecule has 2 N–H and O–H groups in total. The number of fused-ring (bicyclic) bond motifs is 1. The zero-order chi connectivity index (χ0) is 19.0. The van der Waals surface area contributed by atoms with Crippen LogP contribution in [0.1, 0.15) is 5.01 Å². The van der Waals surface area contributed by atoms with Gasteiger partial charge in [-0.05, 0) is 12.1 Å². The van der Waals surface area contributed by atoms with E-state index in [0.29, 0.717) is 23.7 Å². The summed E-state index contributed by atoms with van der Waals surface area (Å²) < 4.78 is 27.6. The molecule has 0 aliphatic carbocycles. The van der Waals surface area contributed by atoms with Crippen molar-refractivity contribution in [3.8, 4) is 0 Å². The Hall–Kier alpha value is -1.62. The Morgan fingerprint density at radius 2 is 1.96 bits per heavy atom. The molecular weight excluding hydrogens is 404 g/mol. The second-order valence-electron chi connectivity index (χ2n) is 6.41. The number of para-hydroxylation sites is 1. The molecule has 0 radical (unpaired) electrons. The van der Waals surface area contributed by atoms with Crippen LogP contribution < -0.4 is 0 Å². The summed E-state index contributed by atoms with van der Waals surface area (Å²) in [7, 11) is -3.35. The SMILES string of the molecule is N=C1C(c2nc3ccccc3s2)=C(O)CN1CCS(=O)(=O)N1CCSCC1. The number of thiazole rings is 1. The number of rotatable bonds is 5. The number of aromatic nitrogens is 1. The molecular formula is C17H20N4O3S3. The van der Waals surface area contributed by atoms with Crippen LogP contribution in [0.15, 0.2) is 30.0 Å². The second-order valence-corrected chi connectivity index (χ2v) is 10.7. The lowest BCUT2D eigenvalue weighted by Crippen LogP contribution is -2.42. The molecule has 1 saturated heterocycles. The van der Waals surface area contributed by atoms with Crippen LogP contribution in [-0.2, 0) is 10.0 Å². The van der Waals surface area contributed by atoms with E-state index in [4.69, 9.17) is 5.41 Å². The summed E-state index contributed by atoms with van der Waals surface area (Å²) >= 11 is 3.19. The molecule has 7 nitrogen and oxygen atoms in total. The van der Waals surface area contributed by atoms with E-state index in [-0.39, 0.29) is 30.4 Å². The van der Waals surface area contributed by atoms with Crippen LogP contribution in [0.25, 0.3) is 15.8 Å². The summed E-state index contributed by atoms with van der Waals surface area (Å²) in [6.45, 7) is 1.43. The van der Waals surface area contributed by atoms with Crippen LogP contribution in [0.4, 0.5) is 0 Å². The Bertz CT molecular complexity index is 976. The van der Waals surface area contributed by atoms with Gasteiger partial charge in [0.2, 0.25) is 10.0 Å². The molecule has 1 aromatic carbocycles. The van der Waals surface area contributed by atoms with Gasteiger partial charge >= 0.3 is 0 Å². The molecule has 0 atom stereocenters. The number of thioether (sulfide) groups is 1. The van der Waals surface area contributed by atoms with E-state index in [2.05, 4.69) is 4.98 Å². The molecule has 0 bridgehead atoms. The number of nitrogens with zero attached hydrogens (tertiary/aromatic N) is 3. The van der Waals surface area contributed by atoms with Crippen molar-refractivity contribution >= 4 is 54.7 Å². The average molecular weight is 425 g/mol. The highest BCUT2D eigenvalue weighted by atomic mass is 32.2. The Morgan fingerprint density at radius 3 is 2.70 bits per heavy atom. The van der Waals surface area contributed by atoms with Crippen LogP contribution in [0.5, 0.6) is 0 Å². The summed E-state index contributed by atoms with van der Waals surface area (Å²) in [5.74, 6) is 1.80. The van der Waals surface area contributed by atoms with Crippen LogP contribution in [0.2, 0.25) is 0 Å². The lowest BCUT2D eigenvalue weighted by Gasteiger charge is -2.27. The third-order valence-electron chi connectivity index (χ3n) is 4.67. The number of hydrogen-bond acceptors (Lipinski definition) is 7. The van der Waals surface area contributed by atoms with Gasteiger partial charge in [-0.15, -0.1) is 11.3 Å². The maximum absolute atomic E-state index is 12.5. The van der Waals surface area contributed by atoms with Crippen molar-refractivity contribution in [1.29, 1.82) is 5.41 Å². The fourth-order valence-corrected chi connectivity index (χ4v) is 6.82. The normalized spacial score (nSPS) is 19.4. The summed E-state index contributed by atoms with van der Waals surface area (Å²) in [6, 6.07) is 7.67. The Morgan fingerprint density at radius 1 is 1.22 bits per heavy atom. The van der Waals surface area contributed by atoms with Gasteiger partial charge in [0.15, 0.2) is 0 Å². The number of aliphatic hydroxyl groups is 1. The zero-order valence-corrected chi connectivity index (χ0v) is 17.0. The van der Waals surface area contributed by atoms with E-state index >= 15 is 0 Å². The quantitative estimate of drug-likeness (QED) is 0.764. The first-order valence-corrected chi connectivity index (χ1v) is 12.2. The number of hydrogen-bond donors (Lipinski definition) is 2. The van der Waals surface area contributed by atoms with Crippen molar-refractivity contribution in [1.82, 2.24) is 14.2 Å². The van der Waals surface area contributed by atoms with Crippen molar-refractivity contribution in [2.45, 2.75) is 0 Å². The van der Waals surface area contributed by atoms with Crippen molar-refractivity contribution in [3.05, 3.63) is 35.0 Å². The lowest BCUT2D eigenvalue weighted by molar-refractivity contribution is 0.355. The van der Waals surface area contributed by atoms with Gasteiger partial charge in [-0.2, -0.15) is 11.8 Å². The highest BCUT2D eigenvalue weighted by Gasteiger charge is 2.32. The third-order valence-corrected chi connectivity index (χ3v) is 8.52. The predicted molar refractivity (Wildman–Crippen MR) is 111 cm³/mol. The van der Waals surface area contributed by atoms with Gasteiger partial charge in [0.05, 0.1) is 28.1 Å². The van der Waals surface area contributed by atoms with E-state index in [1.54, 1.807) is 16.7 Å². The Balaban J connectivity index is 1.47. The fourth-order valence-electron chi connectivity index (χ4n) is 3.21. The van der Waals surface area contributed by atoms with Crippen LogP contribution in [-0.4, -0.2) is 77.0 Å². The molecule has 4 rings (SSSR count). The van der Waals surface area contributed by atoms with Gasteiger partial charge in [-0.25, -0.2) is 17.7 Å². The van der Waals surface area contributed by atoms with Crippen molar-refractivity contribution in [3.63, 3.8) is 0 Å². The minimum atomic E-state index is -3.35. The second kappa shape index (κ2) is 7.42. The standard InChI is InChI=1S/C17H20N4O3S3/c18-16-15(17-19-12-3-1-2-4-14(12)26-17)13(22)11-20(16)7-10-27(23,24)21-5-8-25-9-6-21/h1-4,18,22H,5-11H2. The topological polar surface area (TPSA) is 97.6 Å². The van der Waals surface area contributed by atoms with E-state index < -0.39 is 10.0 Å². The molecule has 2 aliphatic rings. The monoisotopic (exact) mass is 424 g/mol. The van der Waals surface area contributed by atoms with Crippen molar-refractivity contribution in [2.24, 2.45) is 0 Å². The van der Waals surface area contributed by atoms with E-state index in [9.17, 15) is 13.5 Å². The predicted octanol–water partition coefficient (Wildman–Crippen LogP) is 2.24. The zero-order valence-electron chi connectivity index (χ0n) is 14.6. The summed E-state index contributed by atoms with van der Waals surface area (Å²) in [5.41, 5.74) is 1.23. The number of nitrogens with one attached hydrogen (secondary N) is 1. The molecule has 0 spiro atoms. The van der Waals surface area contributed by atoms with Crippen LogP contribution in [0, 0.1) is 5.41 Å². The molecule has 10 heteroatoms. The molecule has 1 aromatic heterocycles. The van der Waals surface area contributed by atoms with Crippen molar-refractivity contribution in [2.75, 3.05) is 43.4 Å². The number of amidine groups is 1. The molecule has 144 valence electrons.